The molecule has 126 valence electrons. The smallest absolute Gasteiger partial charge is 0.261 e. The Morgan fingerprint density at radius 3 is 3.04 bits per heavy atom. The Morgan fingerprint density at radius 2 is 2.21 bits per heavy atom. The number of fused-ring (bicyclic) bond motifs is 1. The van der Waals surface area contributed by atoms with Crippen molar-refractivity contribution >= 4 is 11.6 Å². The standard InChI is InChI=1S/C18H23N5O/c19-15-8-13-4-1-2-6-17(13)22(12-15)18(24)14-9-21-23(11-14)16-5-3-7-20-10-16/h1-2,4,6,9,11,15-16,20H,3,5,7-8,10,12,19H2. The fourth-order valence-electron chi connectivity index (χ4n) is 3.68. The molecule has 3 N–H and O–H groups in total. The highest BCUT2D eigenvalue weighted by Crippen LogP contribution is 2.28. The van der Waals surface area contributed by atoms with Crippen molar-refractivity contribution in [2.75, 3.05) is 24.5 Å². The van der Waals surface area contributed by atoms with E-state index >= 15 is 0 Å². The SMILES string of the molecule is NC1Cc2ccccc2N(C(=O)c2cnn(C3CCCNC3)c2)C1. The van der Waals surface area contributed by atoms with Gasteiger partial charge in [-0.1, -0.05) is 18.2 Å². The zero-order valence-electron chi connectivity index (χ0n) is 13.7. The van der Waals surface area contributed by atoms with Gasteiger partial charge in [0.1, 0.15) is 0 Å². The minimum absolute atomic E-state index is 0.0207. The number of aromatic nitrogens is 2. The first-order chi connectivity index (χ1) is 11.7. The summed E-state index contributed by atoms with van der Waals surface area (Å²) in [7, 11) is 0. The molecule has 0 bridgehead atoms. The van der Waals surface area contributed by atoms with Gasteiger partial charge in [0.15, 0.2) is 0 Å². The summed E-state index contributed by atoms with van der Waals surface area (Å²) in [4.78, 5) is 14.8. The lowest BCUT2D eigenvalue weighted by Crippen LogP contribution is -2.46. The third-order valence-corrected chi connectivity index (χ3v) is 4.92. The molecule has 2 aliphatic heterocycles. The Balaban J connectivity index is 1.59. The Hall–Kier alpha value is -2.18. The monoisotopic (exact) mass is 325 g/mol. The number of benzene rings is 1. The number of nitrogens with zero attached hydrogens (tertiary/aromatic N) is 3. The Bertz CT molecular complexity index is 735. The van der Waals surface area contributed by atoms with E-state index in [2.05, 4.69) is 10.4 Å². The van der Waals surface area contributed by atoms with Crippen LogP contribution in [-0.4, -0.2) is 41.4 Å². The zero-order chi connectivity index (χ0) is 16.5. The fraction of sp³-hybridized carbons (Fsp3) is 0.444. The quantitative estimate of drug-likeness (QED) is 0.873. The summed E-state index contributed by atoms with van der Waals surface area (Å²) in [5.41, 5.74) is 8.89. The normalized spacial score (nSPS) is 23.8. The topological polar surface area (TPSA) is 76.2 Å². The number of hydrogen-bond donors (Lipinski definition) is 2. The van der Waals surface area contributed by atoms with Crippen LogP contribution in [0.4, 0.5) is 5.69 Å². The molecule has 1 aromatic carbocycles. The first kappa shape index (κ1) is 15.4. The van der Waals surface area contributed by atoms with Crippen LogP contribution in [0.5, 0.6) is 0 Å². The molecule has 1 saturated heterocycles. The molecule has 0 aliphatic carbocycles. The van der Waals surface area contributed by atoms with E-state index in [1.807, 2.05) is 35.1 Å². The molecule has 1 fully saturated rings. The van der Waals surface area contributed by atoms with Crippen LogP contribution in [0.3, 0.4) is 0 Å². The van der Waals surface area contributed by atoms with Gasteiger partial charge in [0.2, 0.25) is 0 Å². The predicted molar refractivity (Wildman–Crippen MR) is 93.2 cm³/mol. The van der Waals surface area contributed by atoms with Crippen LogP contribution in [0.2, 0.25) is 0 Å². The largest absolute Gasteiger partial charge is 0.326 e. The maximum absolute atomic E-state index is 13.0. The molecule has 2 aromatic rings. The molecule has 1 aromatic heterocycles. The lowest BCUT2D eigenvalue weighted by atomic mass is 9.98. The van der Waals surface area contributed by atoms with Crippen LogP contribution in [0.15, 0.2) is 36.7 Å². The van der Waals surface area contributed by atoms with Crippen molar-refractivity contribution in [1.29, 1.82) is 0 Å². The van der Waals surface area contributed by atoms with Crippen LogP contribution in [0.25, 0.3) is 0 Å². The highest BCUT2D eigenvalue weighted by molar-refractivity contribution is 6.06. The van der Waals surface area contributed by atoms with Crippen molar-refractivity contribution in [3.63, 3.8) is 0 Å². The molecule has 2 aliphatic rings. The zero-order valence-corrected chi connectivity index (χ0v) is 13.7. The van der Waals surface area contributed by atoms with Gasteiger partial charge in [0.25, 0.3) is 5.91 Å². The van der Waals surface area contributed by atoms with E-state index in [9.17, 15) is 4.79 Å². The molecular weight excluding hydrogens is 302 g/mol. The van der Waals surface area contributed by atoms with E-state index in [1.54, 1.807) is 11.1 Å². The third kappa shape index (κ3) is 2.83. The van der Waals surface area contributed by atoms with Crippen LogP contribution < -0.4 is 16.0 Å². The van der Waals surface area contributed by atoms with Crippen molar-refractivity contribution < 1.29 is 4.79 Å². The van der Waals surface area contributed by atoms with Crippen LogP contribution >= 0.6 is 0 Å². The van der Waals surface area contributed by atoms with Gasteiger partial charge in [-0.05, 0) is 37.4 Å². The van der Waals surface area contributed by atoms with Crippen molar-refractivity contribution in [2.45, 2.75) is 31.3 Å². The molecule has 2 unspecified atom stereocenters. The summed E-state index contributed by atoms with van der Waals surface area (Å²) in [6.07, 6.45) is 6.61. The Labute approximate surface area is 141 Å². The molecule has 6 nitrogen and oxygen atoms in total. The van der Waals surface area contributed by atoms with Crippen LogP contribution in [-0.2, 0) is 6.42 Å². The molecule has 3 heterocycles. The third-order valence-electron chi connectivity index (χ3n) is 4.92. The van der Waals surface area contributed by atoms with Crippen LogP contribution in [0, 0.1) is 0 Å². The number of nitrogens with one attached hydrogen (secondary N) is 1. The minimum atomic E-state index is -0.0264. The van der Waals surface area contributed by atoms with Gasteiger partial charge < -0.3 is 16.0 Å². The van der Waals surface area contributed by atoms with Crippen molar-refractivity contribution in [3.8, 4) is 0 Å². The average Bonchev–Trinajstić information content (AvgIpc) is 3.11. The lowest BCUT2D eigenvalue weighted by Gasteiger charge is -2.32. The predicted octanol–water partition coefficient (Wildman–Crippen LogP) is 1.34. The highest BCUT2D eigenvalue weighted by Gasteiger charge is 2.28. The first-order valence-corrected chi connectivity index (χ1v) is 8.62. The van der Waals surface area contributed by atoms with Gasteiger partial charge in [-0.25, -0.2) is 0 Å². The number of nitrogens with two attached hydrogens (primary N) is 1. The number of hydrogen-bond acceptors (Lipinski definition) is 4. The highest BCUT2D eigenvalue weighted by atomic mass is 16.2. The molecular formula is C18H23N5O. The summed E-state index contributed by atoms with van der Waals surface area (Å²) in [5.74, 6) is -0.0207. The second-order valence-corrected chi connectivity index (χ2v) is 6.72. The van der Waals surface area contributed by atoms with Gasteiger partial charge in [0.05, 0.1) is 17.8 Å². The molecule has 2 atom stereocenters. The van der Waals surface area contributed by atoms with E-state index in [-0.39, 0.29) is 11.9 Å². The second-order valence-electron chi connectivity index (χ2n) is 6.72. The van der Waals surface area contributed by atoms with Gasteiger partial charge in [-0.3, -0.25) is 9.48 Å². The van der Waals surface area contributed by atoms with E-state index in [0.29, 0.717) is 18.2 Å². The number of carbonyl (C=O) groups is 1. The van der Waals surface area contributed by atoms with E-state index in [0.717, 1.165) is 43.6 Å². The molecule has 24 heavy (non-hydrogen) atoms. The van der Waals surface area contributed by atoms with Gasteiger partial charge in [-0.2, -0.15) is 5.10 Å². The van der Waals surface area contributed by atoms with Gasteiger partial charge in [0, 0.05) is 31.0 Å². The maximum atomic E-state index is 13.0. The number of piperidine rings is 1. The average molecular weight is 325 g/mol. The molecule has 0 spiro atoms. The van der Waals surface area contributed by atoms with E-state index in [1.165, 1.54) is 0 Å². The number of para-hydroxylation sites is 1. The maximum Gasteiger partial charge on any atom is 0.261 e. The van der Waals surface area contributed by atoms with E-state index < -0.39 is 0 Å². The Kier molecular flexibility index (Phi) is 4.08. The second kappa shape index (κ2) is 6.37. The fourth-order valence-corrected chi connectivity index (χ4v) is 3.68. The molecule has 6 heteroatoms. The van der Waals surface area contributed by atoms with Crippen LogP contribution in [0.1, 0.15) is 34.8 Å². The lowest BCUT2D eigenvalue weighted by molar-refractivity contribution is 0.0983. The van der Waals surface area contributed by atoms with Crippen molar-refractivity contribution in [1.82, 2.24) is 15.1 Å². The summed E-state index contributed by atoms with van der Waals surface area (Å²) in [6, 6.07) is 8.30. The number of amides is 1. The first-order valence-electron chi connectivity index (χ1n) is 8.62. The van der Waals surface area contributed by atoms with Gasteiger partial charge >= 0.3 is 0 Å². The molecule has 0 radical (unpaired) electrons. The molecule has 0 saturated carbocycles. The summed E-state index contributed by atoms with van der Waals surface area (Å²) in [6.45, 7) is 2.52. The van der Waals surface area contributed by atoms with Crippen molar-refractivity contribution in [2.24, 2.45) is 5.73 Å². The van der Waals surface area contributed by atoms with E-state index in [4.69, 9.17) is 5.73 Å². The van der Waals surface area contributed by atoms with Crippen molar-refractivity contribution in [3.05, 3.63) is 47.8 Å². The molecule has 1 amide bonds. The summed E-state index contributed by atoms with van der Waals surface area (Å²) in [5, 5.41) is 7.81. The Morgan fingerprint density at radius 1 is 1.33 bits per heavy atom. The minimum Gasteiger partial charge on any atom is -0.326 e. The number of carbonyl (C=O) groups excluding carboxylic acids is 1. The summed E-state index contributed by atoms with van der Waals surface area (Å²) >= 11 is 0. The van der Waals surface area contributed by atoms with Gasteiger partial charge in [-0.15, -0.1) is 0 Å². The number of anilines is 1. The molecule has 4 rings (SSSR count). The summed E-state index contributed by atoms with van der Waals surface area (Å²) < 4.78 is 1.93. The number of rotatable bonds is 2.